The number of hydrogen-bond acceptors (Lipinski definition) is 4. The van der Waals surface area contributed by atoms with Crippen LogP contribution in [-0.4, -0.2) is 26.1 Å². The number of aromatic nitrogens is 4. The molecular formula is C15H11FIN5O. The zero-order valence-corrected chi connectivity index (χ0v) is 13.9. The third-order valence-corrected chi connectivity index (χ3v) is 3.94. The Morgan fingerprint density at radius 3 is 2.70 bits per heavy atom. The highest BCUT2D eigenvalue weighted by Gasteiger charge is 2.12. The molecular weight excluding hydrogens is 412 g/mol. The number of nitrogens with zero attached hydrogens (tertiary/aromatic N) is 4. The van der Waals surface area contributed by atoms with E-state index < -0.39 is 5.82 Å². The van der Waals surface area contributed by atoms with Crippen LogP contribution in [0, 0.1) is 9.39 Å². The van der Waals surface area contributed by atoms with Crippen molar-refractivity contribution in [3.05, 3.63) is 57.9 Å². The topological polar surface area (TPSA) is 72.7 Å². The van der Waals surface area contributed by atoms with Crippen molar-refractivity contribution in [2.45, 2.75) is 6.54 Å². The number of tetrazole rings is 1. The molecule has 1 amide bonds. The highest BCUT2D eigenvalue weighted by molar-refractivity contribution is 14.1. The van der Waals surface area contributed by atoms with Gasteiger partial charge in [0.1, 0.15) is 12.4 Å². The molecule has 1 N–H and O–H groups in total. The van der Waals surface area contributed by atoms with Gasteiger partial charge >= 0.3 is 0 Å². The smallest absolute Gasteiger partial charge is 0.248 e. The van der Waals surface area contributed by atoms with Crippen LogP contribution in [-0.2, 0) is 11.3 Å². The van der Waals surface area contributed by atoms with Crippen LogP contribution in [0.3, 0.4) is 0 Å². The summed E-state index contributed by atoms with van der Waals surface area (Å²) in [6.07, 6.45) is 0. The van der Waals surface area contributed by atoms with Gasteiger partial charge in [0.25, 0.3) is 0 Å². The van der Waals surface area contributed by atoms with Crippen molar-refractivity contribution in [2.75, 3.05) is 5.32 Å². The molecule has 0 aliphatic carbocycles. The molecule has 0 spiro atoms. The van der Waals surface area contributed by atoms with Crippen molar-refractivity contribution in [2.24, 2.45) is 0 Å². The molecule has 1 aromatic heterocycles. The molecule has 0 saturated carbocycles. The molecule has 3 rings (SSSR count). The van der Waals surface area contributed by atoms with Crippen molar-refractivity contribution in [3.63, 3.8) is 0 Å². The first-order valence-electron chi connectivity index (χ1n) is 6.70. The SMILES string of the molecule is O=C(Cn1nnc(-c2ccccc2F)n1)Nc1ccccc1I. The number of amides is 1. The van der Waals surface area contributed by atoms with Gasteiger partial charge in [-0.05, 0) is 52.1 Å². The Morgan fingerprint density at radius 2 is 1.91 bits per heavy atom. The minimum Gasteiger partial charge on any atom is -0.323 e. The predicted molar refractivity (Wildman–Crippen MR) is 91.0 cm³/mol. The molecule has 0 bridgehead atoms. The summed E-state index contributed by atoms with van der Waals surface area (Å²) in [5.74, 6) is -0.577. The first-order chi connectivity index (χ1) is 11.1. The van der Waals surface area contributed by atoms with E-state index in [0.29, 0.717) is 5.69 Å². The van der Waals surface area contributed by atoms with E-state index >= 15 is 0 Å². The van der Waals surface area contributed by atoms with E-state index in [-0.39, 0.29) is 23.8 Å². The molecule has 0 fully saturated rings. The number of para-hydroxylation sites is 1. The van der Waals surface area contributed by atoms with Gasteiger partial charge in [0.15, 0.2) is 0 Å². The average Bonchev–Trinajstić information content (AvgIpc) is 2.98. The molecule has 3 aromatic rings. The third kappa shape index (κ3) is 3.70. The van der Waals surface area contributed by atoms with Crippen molar-refractivity contribution >= 4 is 34.2 Å². The molecule has 0 atom stereocenters. The zero-order valence-electron chi connectivity index (χ0n) is 11.8. The quantitative estimate of drug-likeness (QED) is 0.656. The summed E-state index contributed by atoms with van der Waals surface area (Å²) in [4.78, 5) is 13.2. The van der Waals surface area contributed by atoms with Crippen LogP contribution in [0.5, 0.6) is 0 Å². The fourth-order valence-electron chi connectivity index (χ4n) is 1.94. The zero-order chi connectivity index (χ0) is 16.2. The van der Waals surface area contributed by atoms with Crippen LogP contribution in [0.4, 0.5) is 10.1 Å². The molecule has 0 saturated heterocycles. The van der Waals surface area contributed by atoms with Crippen molar-refractivity contribution in [1.29, 1.82) is 0 Å². The van der Waals surface area contributed by atoms with Crippen LogP contribution < -0.4 is 5.32 Å². The summed E-state index contributed by atoms with van der Waals surface area (Å²) in [5, 5.41) is 14.4. The maximum Gasteiger partial charge on any atom is 0.248 e. The summed E-state index contributed by atoms with van der Waals surface area (Å²) in [6, 6.07) is 13.6. The number of carbonyl (C=O) groups is 1. The lowest BCUT2D eigenvalue weighted by atomic mass is 10.2. The Morgan fingerprint density at radius 1 is 1.17 bits per heavy atom. The van der Waals surface area contributed by atoms with E-state index in [0.717, 1.165) is 8.37 Å². The highest BCUT2D eigenvalue weighted by atomic mass is 127. The Bertz CT molecular complexity index is 851. The fraction of sp³-hybridized carbons (Fsp3) is 0.0667. The van der Waals surface area contributed by atoms with Gasteiger partial charge in [0.05, 0.1) is 11.3 Å². The fourth-order valence-corrected chi connectivity index (χ4v) is 2.46. The second kappa shape index (κ2) is 6.82. The van der Waals surface area contributed by atoms with Gasteiger partial charge in [-0.25, -0.2) is 4.39 Å². The molecule has 23 heavy (non-hydrogen) atoms. The average molecular weight is 423 g/mol. The summed E-state index contributed by atoms with van der Waals surface area (Å²) in [5.41, 5.74) is 0.962. The molecule has 1 heterocycles. The Hall–Kier alpha value is -2.36. The first-order valence-corrected chi connectivity index (χ1v) is 7.78. The van der Waals surface area contributed by atoms with Crippen LogP contribution >= 0.6 is 22.6 Å². The van der Waals surface area contributed by atoms with E-state index in [2.05, 4.69) is 43.3 Å². The molecule has 8 heteroatoms. The van der Waals surface area contributed by atoms with E-state index in [1.54, 1.807) is 24.3 Å². The third-order valence-electron chi connectivity index (χ3n) is 3.00. The number of halogens is 2. The maximum atomic E-state index is 13.7. The molecule has 0 aliphatic rings. The number of nitrogens with one attached hydrogen (secondary N) is 1. The van der Waals surface area contributed by atoms with Crippen LogP contribution in [0.15, 0.2) is 48.5 Å². The van der Waals surface area contributed by atoms with Gasteiger partial charge in [0, 0.05) is 3.57 Å². The number of benzene rings is 2. The lowest BCUT2D eigenvalue weighted by molar-refractivity contribution is -0.117. The summed E-state index contributed by atoms with van der Waals surface area (Å²) in [6.45, 7) is -0.105. The largest absolute Gasteiger partial charge is 0.323 e. The van der Waals surface area contributed by atoms with Crippen molar-refractivity contribution in [1.82, 2.24) is 20.2 Å². The normalized spacial score (nSPS) is 10.5. The Balaban J connectivity index is 1.71. The summed E-state index contributed by atoms with van der Waals surface area (Å²) >= 11 is 2.13. The van der Waals surface area contributed by atoms with E-state index in [1.807, 2.05) is 18.2 Å². The standard InChI is InChI=1S/C15H11FIN5O/c16-11-6-2-1-5-10(11)15-19-21-22(20-15)9-14(23)18-13-8-4-3-7-12(13)17/h1-8H,9H2,(H,18,23). The molecule has 6 nitrogen and oxygen atoms in total. The van der Waals surface area contributed by atoms with Gasteiger partial charge in [-0.3, -0.25) is 4.79 Å². The number of anilines is 1. The minimum atomic E-state index is -0.435. The predicted octanol–water partition coefficient (Wildman–Crippen LogP) is 2.72. The van der Waals surface area contributed by atoms with Gasteiger partial charge < -0.3 is 5.32 Å². The molecule has 0 aliphatic heterocycles. The lowest BCUT2D eigenvalue weighted by Gasteiger charge is -2.06. The van der Waals surface area contributed by atoms with Gasteiger partial charge in [-0.1, -0.05) is 24.3 Å². The monoisotopic (exact) mass is 423 g/mol. The number of carbonyl (C=O) groups excluding carboxylic acids is 1. The Labute approximate surface area is 144 Å². The van der Waals surface area contributed by atoms with Gasteiger partial charge in [-0.2, -0.15) is 4.80 Å². The summed E-state index contributed by atoms with van der Waals surface area (Å²) in [7, 11) is 0. The van der Waals surface area contributed by atoms with Crippen molar-refractivity contribution < 1.29 is 9.18 Å². The van der Waals surface area contributed by atoms with Gasteiger partial charge in [0.2, 0.25) is 11.7 Å². The first kappa shape index (κ1) is 15.5. The number of hydrogen-bond donors (Lipinski definition) is 1. The molecule has 116 valence electrons. The van der Waals surface area contributed by atoms with Crippen LogP contribution in [0.25, 0.3) is 11.4 Å². The maximum absolute atomic E-state index is 13.7. The molecule has 2 aromatic carbocycles. The van der Waals surface area contributed by atoms with Crippen LogP contribution in [0.2, 0.25) is 0 Å². The number of rotatable bonds is 4. The second-order valence-electron chi connectivity index (χ2n) is 4.65. The van der Waals surface area contributed by atoms with Gasteiger partial charge in [-0.15, -0.1) is 10.2 Å². The summed E-state index contributed by atoms with van der Waals surface area (Å²) < 4.78 is 14.6. The van der Waals surface area contributed by atoms with E-state index in [4.69, 9.17) is 0 Å². The second-order valence-corrected chi connectivity index (χ2v) is 5.81. The van der Waals surface area contributed by atoms with E-state index in [1.165, 1.54) is 6.07 Å². The molecule has 0 radical (unpaired) electrons. The highest BCUT2D eigenvalue weighted by Crippen LogP contribution is 2.18. The minimum absolute atomic E-state index is 0.105. The van der Waals surface area contributed by atoms with Crippen molar-refractivity contribution in [3.8, 4) is 11.4 Å². The Kier molecular flexibility index (Phi) is 4.60. The van der Waals surface area contributed by atoms with Crippen LogP contribution in [0.1, 0.15) is 0 Å². The van der Waals surface area contributed by atoms with E-state index in [9.17, 15) is 9.18 Å². The lowest BCUT2D eigenvalue weighted by Crippen LogP contribution is -2.20. The molecule has 0 unspecified atom stereocenters.